The van der Waals surface area contributed by atoms with Crippen LogP contribution >= 0.6 is 11.3 Å². The number of aryl methyl sites for hydroxylation is 1. The van der Waals surface area contributed by atoms with Gasteiger partial charge >= 0.3 is 0 Å². The molecule has 0 bridgehead atoms. The first kappa shape index (κ1) is 25.1. The lowest BCUT2D eigenvalue weighted by Gasteiger charge is -2.22. The molecule has 0 aliphatic heterocycles. The van der Waals surface area contributed by atoms with Crippen molar-refractivity contribution in [3.8, 4) is 10.6 Å². The third kappa shape index (κ3) is 4.62. The maximum Gasteiger partial charge on any atom is 0.224 e. The largest absolute Gasteiger partial charge is 0.396 e. The van der Waals surface area contributed by atoms with Crippen molar-refractivity contribution >= 4 is 33.3 Å². The van der Waals surface area contributed by atoms with E-state index in [1.165, 1.54) is 17.4 Å². The Hall–Kier alpha value is -3.18. The van der Waals surface area contributed by atoms with Gasteiger partial charge in [0.2, 0.25) is 5.95 Å². The Morgan fingerprint density at radius 2 is 1.87 bits per heavy atom. The predicted molar refractivity (Wildman–Crippen MR) is 146 cm³/mol. The summed E-state index contributed by atoms with van der Waals surface area (Å²) in [5.74, 6) is 0.259. The lowest BCUT2D eigenvalue weighted by Crippen LogP contribution is -2.36. The van der Waals surface area contributed by atoms with Crippen LogP contribution < -0.4 is 10.6 Å². The summed E-state index contributed by atoms with van der Waals surface area (Å²) in [5, 5.41) is 38.1. The van der Waals surface area contributed by atoms with Crippen LogP contribution in [-0.2, 0) is 5.41 Å². The van der Waals surface area contributed by atoms with Gasteiger partial charge in [-0.15, -0.1) is 11.3 Å². The zero-order valence-corrected chi connectivity index (χ0v) is 21.7. The summed E-state index contributed by atoms with van der Waals surface area (Å²) in [6, 6.07) is 14.1. The van der Waals surface area contributed by atoms with Crippen LogP contribution in [0.5, 0.6) is 0 Å². The lowest BCUT2D eigenvalue weighted by molar-refractivity contribution is 0.00446. The average molecular weight is 536 g/mol. The minimum atomic E-state index is -1.05. The summed E-state index contributed by atoms with van der Waals surface area (Å²) in [5.41, 5.74) is 3.13. The van der Waals surface area contributed by atoms with Gasteiger partial charge in [-0.1, -0.05) is 24.3 Å². The van der Waals surface area contributed by atoms with Gasteiger partial charge in [-0.25, -0.2) is 14.4 Å². The Labute approximate surface area is 223 Å². The Balaban J connectivity index is 1.34. The van der Waals surface area contributed by atoms with Gasteiger partial charge in [0.15, 0.2) is 0 Å². The molecule has 38 heavy (non-hydrogen) atoms. The zero-order chi connectivity index (χ0) is 26.4. The van der Waals surface area contributed by atoms with Gasteiger partial charge in [-0.2, -0.15) is 4.98 Å². The number of fused-ring (bicyclic) bond motifs is 1. The van der Waals surface area contributed by atoms with Crippen molar-refractivity contribution in [3.63, 3.8) is 0 Å². The van der Waals surface area contributed by atoms with Crippen molar-refractivity contribution in [2.45, 2.75) is 49.9 Å². The van der Waals surface area contributed by atoms with E-state index in [-0.39, 0.29) is 17.8 Å². The molecule has 6 rings (SSSR count). The third-order valence-corrected chi connectivity index (χ3v) is 8.89. The first-order valence-corrected chi connectivity index (χ1v) is 13.7. The second kappa shape index (κ2) is 9.85. The Bertz CT molecular complexity index is 1440. The topological polar surface area (TPSA) is 123 Å². The van der Waals surface area contributed by atoms with Gasteiger partial charge in [0.05, 0.1) is 33.6 Å². The molecule has 198 valence electrons. The minimum absolute atomic E-state index is 0.154. The van der Waals surface area contributed by atoms with Crippen LogP contribution in [-0.4, -0.2) is 61.7 Å². The van der Waals surface area contributed by atoms with Crippen LogP contribution in [0.1, 0.15) is 30.5 Å². The number of hydrogen-bond donors (Lipinski definition) is 5. The fraction of sp³-hybridized carbons (Fsp3) is 0.393. The van der Waals surface area contributed by atoms with Crippen LogP contribution in [0.2, 0.25) is 0 Å². The molecule has 0 saturated heterocycles. The SMILES string of the molecule is Cc1nc(NCC2(c3cccc(F)c3)CC2)nc(N[C@@H]2C[C@H](CO)[C@@H](O)[C@H]2O)c1-c1nc2ccccc2s1. The number of aliphatic hydroxyl groups excluding tert-OH is 3. The van der Waals surface area contributed by atoms with Crippen molar-refractivity contribution < 1.29 is 19.7 Å². The molecule has 2 heterocycles. The van der Waals surface area contributed by atoms with Gasteiger partial charge in [-0.05, 0) is 56.0 Å². The van der Waals surface area contributed by atoms with Crippen molar-refractivity contribution in [1.29, 1.82) is 0 Å². The normalized spacial score (nSPS) is 24.0. The molecule has 0 amide bonds. The molecular weight excluding hydrogens is 505 g/mol. The molecule has 10 heteroatoms. The summed E-state index contributed by atoms with van der Waals surface area (Å²) in [6.45, 7) is 2.25. The number of hydrogen-bond acceptors (Lipinski definition) is 9. The molecule has 0 unspecified atom stereocenters. The monoisotopic (exact) mass is 535 g/mol. The molecular formula is C28H30FN5O3S. The Morgan fingerprint density at radius 3 is 2.58 bits per heavy atom. The molecule has 8 nitrogen and oxygen atoms in total. The molecule has 4 atom stereocenters. The second-order valence-corrected chi connectivity index (χ2v) is 11.4. The number of aliphatic hydroxyl groups is 3. The number of nitrogens with one attached hydrogen (secondary N) is 2. The van der Waals surface area contributed by atoms with Crippen molar-refractivity contribution in [2.24, 2.45) is 5.92 Å². The van der Waals surface area contributed by atoms with Gasteiger partial charge in [0, 0.05) is 24.5 Å². The smallest absolute Gasteiger partial charge is 0.224 e. The first-order chi connectivity index (χ1) is 18.4. The van der Waals surface area contributed by atoms with Gasteiger partial charge < -0.3 is 26.0 Å². The molecule has 2 saturated carbocycles. The number of anilines is 2. The number of halogens is 1. The van der Waals surface area contributed by atoms with E-state index in [2.05, 4.69) is 10.6 Å². The number of rotatable bonds is 8. The highest BCUT2D eigenvalue weighted by atomic mass is 32.1. The molecule has 0 spiro atoms. The summed E-state index contributed by atoms with van der Waals surface area (Å²) >= 11 is 1.54. The Morgan fingerprint density at radius 1 is 1.05 bits per heavy atom. The first-order valence-electron chi connectivity index (χ1n) is 12.8. The average Bonchev–Trinajstić information content (AvgIpc) is 3.51. The van der Waals surface area contributed by atoms with E-state index < -0.39 is 24.2 Å². The molecule has 2 fully saturated rings. The maximum absolute atomic E-state index is 13.9. The number of para-hydroxylation sites is 1. The van der Waals surface area contributed by atoms with Crippen LogP contribution in [0, 0.1) is 18.7 Å². The quantitative estimate of drug-likeness (QED) is 0.231. The van der Waals surface area contributed by atoms with Crippen molar-refractivity contribution in [2.75, 3.05) is 23.8 Å². The lowest BCUT2D eigenvalue weighted by atomic mass is 9.96. The second-order valence-electron chi connectivity index (χ2n) is 10.4. The third-order valence-electron chi connectivity index (χ3n) is 7.83. The number of nitrogens with zero attached hydrogens (tertiary/aromatic N) is 3. The van der Waals surface area contributed by atoms with Gasteiger partial charge in [0.1, 0.15) is 22.7 Å². The summed E-state index contributed by atoms with van der Waals surface area (Å²) in [7, 11) is 0. The molecule has 5 N–H and O–H groups in total. The highest BCUT2D eigenvalue weighted by molar-refractivity contribution is 7.21. The highest BCUT2D eigenvalue weighted by Crippen LogP contribution is 2.48. The van der Waals surface area contributed by atoms with Gasteiger partial charge in [0.25, 0.3) is 0 Å². The van der Waals surface area contributed by atoms with Crippen LogP contribution in [0.4, 0.5) is 16.2 Å². The number of aromatic nitrogens is 3. The van der Waals surface area contributed by atoms with E-state index in [0.29, 0.717) is 30.4 Å². The summed E-state index contributed by atoms with van der Waals surface area (Å²) < 4.78 is 14.9. The molecule has 0 radical (unpaired) electrons. The number of benzene rings is 2. The molecule has 4 aromatic rings. The van der Waals surface area contributed by atoms with E-state index in [0.717, 1.165) is 39.2 Å². The predicted octanol–water partition coefficient (Wildman–Crippen LogP) is 3.86. The summed E-state index contributed by atoms with van der Waals surface area (Å²) in [6.07, 6.45) is 0.222. The minimum Gasteiger partial charge on any atom is -0.396 e. The zero-order valence-electron chi connectivity index (χ0n) is 20.9. The highest BCUT2D eigenvalue weighted by Gasteiger charge is 2.44. The van der Waals surface area contributed by atoms with E-state index >= 15 is 0 Å². The Kier molecular flexibility index (Phi) is 6.51. The number of thiazole rings is 1. The van der Waals surface area contributed by atoms with Crippen LogP contribution in [0.15, 0.2) is 48.5 Å². The van der Waals surface area contributed by atoms with E-state index in [4.69, 9.17) is 15.0 Å². The van der Waals surface area contributed by atoms with E-state index in [9.17, 15) is 19.7 Å². The maximum atomic E-state index is 13.9. The fourth-order valence-corrected chi connectivity index (χ4v) is 6.46. The standard InChI is InChI=1S/C28H30FN5O3S/c1-15-22(26-33-19-7-2-3-8-21(19)38-26)25(32-20-11-16(13-35)23(36)24(20)37)34-27(31-15)30-14-28(9-10-28)17-5-4-6-18(29)12-17/h2-8,12,16,20,23-24,35-37H,9-11,13-14H2,1H3,(H2,30,31,32,34)/t16-,20-,23-,24+/m1/s1. The van der Waals surface area contributed by atoms with Crippen molar-refractivity contribution in [3.05, 3.63) is 65.6 Å². The van der Waals surface area contributed by atoms with Crippen LogP contribution in [0.25, 0.3) is 20.8 Å². The molecule has 2 aromatic carbocycles. The van der Waals surface area contributed by atoms with Crippen LogP contribution in [0.3, 0.4) is 0 Å². The molecule has 2 aliphatic rings. The summed E-state index contributed by atoms with van der Waals surface area (Å²) in [4.78, 5) is 14.3. The van der Waals surface area contributed by atoms with Crippen molar-refractivity contribution in [1.82, 2.24) is 15.0 Å². The van der Waals surface area contributed by atoms with E-state index in [1.54, 1.807) is 12.1 Å². The van der Waals surface area contributed by atoms with Gasteiger partial charge in [-0.3, -0.25) is 0 Å². The molecule has 2 aliphatic carbocycles. The fourth-order valence-electron chi connectivity index (χ4n) is 5.40. The molecule has 2 aromatic heterocycles. The van der Waals surface area contributed by atoms with E-state index in [1.807, 2.05) is 37.3 Å².